The van der Waals surface area contributed by atoms with Crippen molar-refractivity contribution in [2.24, 2.45) is 7.05 Å². The zero-order valence-corrected chi connectivity index (χ0v) is 12.7. The second-order valence-electron chi connectivity index (χ2n) is 5.39. The molecule has 0 atom stereocenters. The van der Waals surface area contributed by atoms with E-state index in [9.17, 15) is 4.79 Å². The molecule has 0 saturated heterocycles. The number of imidazole rings is 1. The SMILES string of the molecule is Cc1nn(C)c2ncc(C(=O)Nc3ccc4nc[nH]c4c3)cc12. The molecule has 3 heterocycles. The van der Waals surface area contributed by atoms with E-state index in [1.54, 1.807) is 17.2 Å². The predicted octanol–water partition coefficient (Wildman–Crippen LogP) is 2.41. The van der Waals surface area contributed by atoms with Gasteiger partial charge in [-0.1, -0.05) is 0 Å². The number of anilines is 1. The van der Waals surface area contributed by atoms with E-state index in [1.807, 2.05) is 38.2 Å². The van der Waals surface area contributed by atoms with E-state index in [1.165, 1.54) is 0 Å². The van der Waals surface area contributed by atoms with Crippen LogP contribution in [0.4, 0.5) is 5.69 Å². The van der Waals surface area contributed by atoms with Gasteiger partial charge in [-0.25, -0.2) is 9.97 Å². The largest absolute Gasteiger partial charge is 0.345 e. The summed E-state index contributed by atoms with van der Waals surface area (Å²) < 4.78 is 1.71. The number of nitrogens with zero attached hydrogens (tertiary/aromatic N) is 4. The van der Waals surface area contributed by atoms with Crippen molar-refractivity contribution < 1.29 is 4.79 Å². The third kappa shape index (κ3) is 2.22. The zero-order chi connectivity index (χ0) is 16.0. The Morgan fingerprint density at radius 2 is 2.13 bits per heavy atom. The van der Waals surface area contributed by atoms with Gasteiger partial charge in [0.2, 0.25) is 0 Å². The molecule has 7 heteroatoms. The van der Waals surface area contributed by atoms with E-state index in [2.05, 4.69) is 25.4 Å². The van der Waals surface area contributed by atoms with Crippen LogP contribution in [-0.4, -0.2) is 30.6 Å². The van der Waals surface area contributed by atoms with Crippen molar-refractivity contribution in [2.45, 2.75) is 6.92 Å². The lowest BCUT2D eigenvalue weighted by molar-refractivity contribution is 0.102. The number of aromatic amines is 1. The number of carbonyl (C=O) groups is 1. The van der Waals surface area contributed by atoms with Crippen LogP contribution in [0.2, 0.25) is 0 Å². The summed E-state index contributed by atoms with van der Waals surface area (Å²) in [7, 11) is 1.84. The van der Waals surface area contributed by atoms with Crippen LogP contribution < -0.4 is 5.32 Å². The van der Waals surface area contributed by atoms with Crippen LogP contribution in [0.15, 0.2) is 36.8 Å². The number of pyridine rings is 1. The summed E-state index contributed by atoms with van der Waals surface area (Å²) in [5, 5.41) is 8.07. The lowest BCUT2D eigenvalue weighted by Crippen LogP contribution is -2.12. The van der Waals surface area contributed by atoms with E-state index in [4.69, 9.17) is 0 Å². The number of aryl methyl sites for hydroxylation is 2. The molecule has 23 heavy (non-hydrogen) atoms. The summed E-state index contributed by atoms with van der Waals surface area (Å²) in [6, 6.07) is 7.34. The molecule has 4 rings (SSSR count). The van der Waals surface area contributed by atoms with Crippen LogP contribution >= 0.6 is 0 Å². The Hall–Kier alpha value is -3.22. The van der Waals surface area contributed by atoms with E-state index in [-0.39, 0.29) is 5.91 Å². The first-order valence-corrected chi connectivity index (χ1v) is 7.15. The number of amides is 1. The lowest BCUT2D eigenvalue weighted by Gasteiger charge is -2.05. The zero-order valence-electron chi connectivity index (χ0n) is 12.7. The second kappa shape index (κ2) is 4.91. The Morgan fingerprint density at radius 1 is 1.26 bits per heavy atom. The fraction of sp³-hybridized carbons (Fsp3) is 0.125. The van der Waals surface area contributed by atoms with Crippen LogP contribution in [0.3, 0.4) is 0 Å². The maximum Gasteiger partial charge on any atom is 0.257 e. The molecule has 0 fully saturated rings. The molecular weight excluding hydrogens is 292 g/mol. The van der Waals surface area contributed by atoms with Gasteiger partial charge in [0.05, 0.1) is 28.6 Å². The molecule has 3 aromatic heterocycles. The Morgan fingerprint density at radius 3 is 3.00 bits per heavy atom. The second-order valence-corrected chi connectivity index (χ2v) is 5.39. The number of fused-ring (bicyclic) bond motifs is 2. The molecule has 0 aliphatic rings. The summed E-state index contributed by atoms with van der Waals surface area (Å²) in [5.74, 6) is -0.207. The summed E-state index contributed by atoms with van der Waals surface area (Å²) in [4.78, 5) is 24.0. The van der Waals surface area contributed by atoms with E-state index < -0.39 is 0 Å². The van der Waals surface area contributed by atoms with Crippen LogP contribution in [0.25, 0.3) is 22.1 Å². The normalized spacial score (nSPS) is 11.2. The molecule has 4 aromatic rings. The average molecular weight is 306 g/mol. The quantitative estimate of drug-likeness (QED) is 0.595. The third-order valence-electron chi connectivity index (χ3n) is 3.80. The molecule has 2 N–H and O–H groups in total. The maximum absolute atomic E-state index is 12.4. The van der Waals surface area contributed by atoms with Crippen molar-refractivity contribution in [1.29, 1.82) is 0 Å². The van der Waals surface area contributed by atoms with Crippen molar-refractivity contribution in [3.8, 4) is 0 Å². The smallest absolute Gasteiger partial charge is 0.257 e. The Kier molecular flexibility index (Phi) is 2.87. The lowest BCUT2D eigenvalue weighted by atomic mass is 10.2. The first-order valence-electron chi connectivity index (χ1n) is 7.15. The Bertz CT molecular complexity index is 1050. The van der Waals surface area contributed by atoms with Crippen molar-refractivity contribution in [3.05, 3.63) is 48.0 Å². The van der Waals surface area contributed by atoms with Gasteiger partial charge in [-0.2, -0.15) is 5.10 Å². The average Bonchev–Trinajstić information content (AvgIpc) is 3.11. The van der Waals surface area contributed by atoms with Gasteiger partial charge < -0.3 is 10.3 Å². The van der Waals surface area contributed by atoms with E-state index in [0.29, 0.717) is 11.3 Å². The summed E-state index contributed by atoms with van der Waals surface area (Å²) in [6.07, 6.45) is 3.19. The topological polar surface area (TPSA) is 88.5 Å². The standard InChI is InChI=1S/C16H14N6O/c1-9-12-5-10(7-17-15(12)22(2)21-9)16(23)20-11-3-4-13-14(6-11)19-8-18-13/h3-8H,1-2H3,(H,18,19)(H,20,23). The fourth-order valence-corrected chi connectivity index (χ4v) is 2.65. The highest BCUT2D eigenvalue weighted by atomic mass is 16.1. The van der Waals surface area contributed by atoms with E-state index in [0.717, 1.165) is 27.8 Å². The predicted molar refractivity (Wildman–Crippen MR) is 87.3 cm³/mol. The van der Waals surface area contributed by atoms with Crippen molar-refractivity contribution >= 4 is 33.7 Å². The molecule has 0 aliphatic carbocycles. The van der Waals surface area contributed by atoms with Crippen LogP contribution in [0.1, 0.15) is 16.1 Å². The molecule has 7 nitrogen and oxygen atoms in total. The number of nitrogens with one attached hydrogen (secondary N) is 2. The molecule has 1 amide bonds. The number of hydrogen-bond acceptors (Lipinski definition) is 4. The molecule has 0 radical (unpaired) electrons. The van der Waals surface area contributed by atoms with Gasteiger partial charge in [-0.3, -0.25) is 9.48 Å². The number of benzene rings is 1. The van der Waals surface area contributed by atoms with Crippen molar-refractivity contribution in [2.75, 3.05) is 5.32 Å². The molecule has 0 saturated carbocycles. The van der Waals surface area contributed by atoms with Gasteiger partial charge in [0.15, 0.2) is 5.65 Å². The highest BCUT2D eigenvalue weighted by Crippen LogP contribution is 2.19. The first-order chi connectivity index (χ1) is 11.1. The number of hydrogen-bond donors (Lipinski definition) is 2. The van der Waals surface area contributed by atoms with Gasteiger partial charge in [0.25, 0.3) is 5.91 Å². The number of H-pyrrole nitrogens is 1. The molecule has 114 valence electrons. The maximum atomic E-state index is 12.4. The minimum absolute atomic E-state index is 0.207. The van der Waals surface area contributed by atoms with Crippen molar-refractivity contribution in [1.82, 2.24) is 24.7 Å². The highest BCUT2D eigenvalue weighted by molar-refractivity contribution is 6.06. The van der Waals surface area contributed by atoms with Gasteiger partial charge in [-0.05, 0) is 31.2 Å². The van der Waals surface area contributed by atoms with E-state index >= 15 is 0 Å². The monoisotopic (exact) mass is 306 g/mol. The number of aromatic nitrogens is 5. The van der Waals surface area contributed by atoms with Crippen LogP contribution in [0, 0.1) is 6.92 Å². The first kappa shape index (κ1) is 13.4. The minimum atomic E-state index is -0.207. The molecule has 0 aliphatic heterocycles. The number of carbonyl (C=O) groups excluding carboxylic acids is 1. The van der Waals surface area contributed by atoms with Crippen LogP contribution in [-0.2, 0) is 7.05 Å². The minimum Gasteiger partial charge on any atom is -0.345 e. The summed E-state index contributed by atoms with van der Waals surface area (Å²) in [6.45, 7) is 1.90. The fourth-order valence-electron chi connectivity index (χ4n) is 2.65. The van der Waals surface area contributed by atoms with Gasteiger partial charge in [-0.15, -0.1) is 0 Å². The van der Waals surface area contributed by atoms with Gasteiger partial charge >= 0.3 is 0 Å². The van der Waals surface area contributed by atoms with Crippen LogP contribution in [0.5, 0.6) is 0 Å². The Labute approximate surface area is 131 Å². The third-order valence-corrected chi connectivity index (χ3v) is 3.80. The van der Waals surface area contributed by atoms with Gasteiger partial charge in [0.1, 0.15) is 0 Å². The summed E-state index contributed by atoms with van der Waals surface area (Å²) >= 11 is 0. The molecule has 1 aromatic carbocycles. The molecule has 0 unspecified atom stereocenters. The molecule has 0 bridgehead atoms. The molecule has 0 spiro atoms. The summed E-state index contributed by atoms with van der Waals surface area (Å²) in [5.41, 5.74) is 4.55. The van der Waals surface area contributed by atoms with Gasteiger partial charge in [0, 0.05) is 24.3 Å². The molecular formula is C16H14N6O. The Balaban J connectivity index is 1.66. The van der Waals surface area contributed by atoms with Crippen molar-refractivity contribution in [3.63, 3.8) is 0 Å². The highest BCUT2D eigenvalue weighted by Gasteiger charge is 2.12. The number of rotatable bonds is 2.